The predicted octanol–water partition coefficient (Wildman–Crippen LogP) is 4.87. The topological polar surface area (TPSA) is 98.1 Å². The van der Waals surface area contributed by atoms with Crippen LogP contribution in [0.1, 0.15) is 37.2 Å². The summed E-state index contributed by atoms with van der Waals surface area (Å²) in [6.45, 7) is 0.820. The Bertz CT molecular complexity index is 1380. The first-order valence-corrected chi connectivity index (χ1v) is 12.4. The largest absolute Gasteiger partial charge is 0.573 e. The molecule has 0 spiro atoms. The smallest absolute Gasteiger partial charge is 0.454 e. The summed E-state index contributed by atoms with van der Waals surface area (Å²) in [7, 11) is 0. The van der Waals surface area contributed by atoms with Gasteiger partial charge in [0.2, 0.25) is 12.7 Å². The van der Waals surface area contributed by atoms with Gasteiger partial charge in [0.15, 0.2) is 22.9 Å². The van der Waals surface area contributed by atoms with Crippen molar-refractivity contribution in [2.75, 3.05) is 25.2 Å². The van der Waals surface area contributed by atoms with E-state index in [1.807, 2.05) is 12.3 Å². The molecule has 2 aliphatic heterocycles. The lowest BCUT2D eigenvalue weighted by Gasteiger charge is -2.41. The van der Waals surface area contributed by atoms with Crippen molar-refractivity contribution in [3.63, 3.8) is 0 Å². The zero-order valence-corrected chi connectivity index (χ0v) is 20.2. The van der Waals surface area contributed by atoms with Gasteiger partial charge in [-0.1, -0.05) is 11.2 Å². The average Bonchev–Trinajstić information content (AvgIpc) is 3.50. The summed E-state index contributed by atoms with van der Waals surface area (Å²) in [5, 5.41) is 9.75. The molecule has 1 aromatic heterocycles. The Labute approximate surface area is 215 Å². The number of hydrogen-bond acceptors (Lipinski definition) is 8. The number of anilines is 1. The molecule has 2 aromatic carbocycles. The Hall–Kier alpha value is -4.09. The van der Waals surface area contributed by atoms with Gasteiger partial charge in [0.25, 0.3) is 0 Å². The van der Waals surface area contributed by atoms with E-state index in [0.717, 1.165) is 55.0 Å². The van der Waals surface area contributed by atoms with Crippen molar-refractivity contribution in [2.45, 2.75) is 44.0 Å². The number of benzene rings is 2. The molecule has 1 amide bonds. The maximum atomic E-state index is 12.5. The quantitative estimate of drug-likeness (QED) is 0.447. The van der Waals surface area contributed by atoms with Crippen LogP contribution in [0.2, 0.25) is 0 Å². The fraction of sp³-hybridized carbons (Fsp3) is 0.385. The van der Waals surface area contributed by atoms with Crippen LogP contribution in [0, 0.1) is 0 Å². The van der Waals surface area contributed by atoms with Gasteiger partial charge in [-0.15, -0.1) is 13.2 Å². The number of ether oxygens (including phenoxy) is 3. The van der Waals surface area contributed by atoms with Crippen molar-refractivity contribution >= 4 is 22.7 Å². The van der Waals surface area contributed by atoms with Crippen molar-refractivity contribution in [3.05, 3.63) is 53.9 Å². The van der Waals surface area contributed by atoms with Crippen LogP contribution in [-0.2, 0) is 4.79 Å². The van der Waals surface area contributed by atoms with Crippen LogP contribution in [-0.4, -0.2) is 48.3 Å². The Kier molecular flexibility index (Phi) is 6.16. The second kappa shape index (κ2) is 9.66. The molecule has 0 radical (unpaired) electrons. The average molecular weight is 531 g/mol. The van der Waals surface area contributed by atoms with Gasteiger partial charge in [0.05, 0.1) is 24.2 Å². The molecule has 12 heteroatoms. The molecule has 0 unspecified atom stereocenters. The van der Waals surface area contributed by atoms with Crippen molar-refractivity contribution in [1.29, 1.82) is 0 Å². The molecular formula is C26H25F3N4O5. The second-order valence-electron chi connectivity index (χ2n) is 9.58. The highest BCUT2D eigenvalue weighted by Crippen LogP contribution is 2.40. The number of nitrogens with one attached hydrogen (secondary N) is 2. The highest BCUT2D eigenvalue weighted by molar-refractivity contribution is 5.91. The molecule has 3 aromatic rings. The van der Waals surface area contributed by atoms with Crippen LogP contribution in [0.5, 0.6) is 17.2 Å². The van der Waals surface area contributed by atoms with Crippen LogP contribution < -0.4 is 24.8 Å². The second-order valence-corrected chi connectivity index (χ2v) is 9.58. The first kappa shape index (κ1) is 24.3. The lowest BCUT2D eigenvalue weighted by Crippen LogP contribution is -2.46. The highest BCUT2D eigenvalue weighted by atomic mass is 19.4. The monoisotopic (exact) mass is 530 g/mol. The molecule has 3 heterocycles. The van der Waals surface area contributed by atoms with Gasteiger partial charge in [0.1, 0.15) is 5.75 Å². The summed E-state index contributed by atoms with van der Waals surface area (Å²) in [6, 6.07) is 10.3. The fourth-order valence-electron chi connectivity index (χ4n) is 5.21. The van der Waals surface area contributed by atoms with E-state index < -0.39 is 12.1 Å². The minimum absolute atomic E-state index is 0.121. The van der Waals surface area contributed by atoms with E-state index in [1.54, 1.807) is 0 Å². The molecule has 6 rings (SSSR count). The normalized spacial score (nSPS) is 20.6. The Balaban J connectivity index is 0.971. The maximum absolute atomic E-state index is 12.5. The SMILES string of the molecule is O=C(CNc1noc2ccc(OC(F)(F)F)cc12)NC1=CN(C2CCC(c3ccc4c(c3)OCO4)CC2)C1. The molecular weight excluding hydrogens is 505 g/mol. The van der Waals surface area contributed by atoms with Gasteiger partial charge in [-0.3, -0.25) is 4.79 Å². The van der Waals surface area contributed by atoms with Gasteiger partial charge in [-0.2, -0.15) is 0 Å². The van der Waals surface area contributed by atoms with E-state index in [0.29, 0.717) is 18.5 Å². The number of fused-ring (bicyclic) bond motifs is 2. The number of carbonyl (C=O) groups excluding carboxylic acids is 1. The molecule has 9 nitrogen and oxygen atoms in total. The molecule has 1 fully saturated rings. The van der Waals surface area contributed by atoms with Crippen molar-refractivity contribution < 1.29 is 36.7 Å². The summed E-state index contributed by atoms with van der Waals surface area (Å²) < 4.78 is 57.5. The fourth-order valence-corrected chi connectivity index (χ4v) is 5.21. The zero-order chi connectivity index (χ0) is 26.3. The summed E-state index contributed by atoms with van der Waals surface area (Å²) in [5.74, 6) is 1.59. The third-order valence-electron chi connectivity index (χ3n) is 7.10. The Morgan fingerprint density at radius 3 is 2.66 bits per heavy atom. The maximum Gasteiger partial charge on any atom is 0.573 e. The Morgan fingerprint density at radius 2 is 1.87 bits per heavy atom. The lowest BCUT2D eigenvalue weighted by molar-refractivity contribution is -0.274. The molecule has 200 valence electrons. The van der Waals surface area contributed by atoms with E-state index >= 15 is 0 Å². The van der Waals surface area contributed by atoms with Gasteiger partial charge in [-0.05, 0) is 67.5 Å². The Morgan fingerprint density at radius 1 is 1.08 bits per heavy atom. The summed E-state index contributed by atoms with van der Waals surface area (Å²) in [5.41, 5.74) is 2.38. The summed E-state index contributed by atoms with van der Waals surface area (Å²) >= 11 is 0. The molecule has 0 atom stereocenters. The van der Waals surface area contributed by atoms with E-state index in [2.05, 4.69) is 37.6 Å². The van der Waals surface area contributed by atoms with Crippen LogP contribution in [0.15, 0.2) is 52.8 Å². The van der Waals surface area contributed by atoms with Gasteiger partial charge < -0.3 is 34.3 Å². The molecule has 2 N–H and O–H groups in total. The molecule has 3 aliphatic rings. The zero-order valence-electron chi connectivity index (χ0n) is 20.2. The number of hydrogen-bond donors (Lipinski definition) is 2. The summed E-state index contributed by atoms with van der Waals surface area (Å²) in [4.78, 5) is 14.7. The highest BCUT2D eigenvalue weighted by Gasteiger charge is 2.32. The lowest BCUT2D eigenvalue weighted by atomic mass is 9.81. The first-order chi connectivity index (χ1) is 18.3. The minimum Gasteiger partial charge on any atom is -0.454 e. The van der Waals surface area contributed by atoms with Gasteiger partial charge in [-0.25, -0.2) is 0 Å². The van der Waals surface area contributed by atoms with Crippen LogP contribution >= 0.6 is 0 Å². The number of aromatic nitrogens is 1. The van der Waals surface area contributed by atoms with Crippen molar-refractivity contribution in [1.82, 2.24) is 15.4 Å². The first-order valence-electron chi connectivity index (χ1n) is 12.4. The number of halogens is 3. The molecule has 38 heavy (non-hydrogen) atoms. The number of alkyl halides is 3. The van der Waals surface area contributed by atoms with Crippen molar-refractivity contribution in [2.24, 2.45) is 0 Å². The van der Waals surface area contributed by atoms with Crippen LogP contribution in [0.4, 0.5) is 19.0 Å². The minimum atomic E-state index is -4.81. The standard InChI is InChI=1S/C26H25F3N4O5/c27-26(28,29)37-19-6-8-21-20(10-19)25(32-38-21)30-11-24(34)31-17-12-33(13-17)18-4-1-15(2-5-18)16-3-7-22-23(9-16)36-14-35-22/h3,6-10,12,15,18H,1-2,4-5,11,13-14H2,(H,30,32)(H,31,34). The molecule has 0 bridgehead atoms. The van der Waals surface area contributed by atoms with E-state index in [9.17, 15) is 18.0 Å². The van der Waals surface area contributed by atoms with Gasteiger partial charge in [0, 0.05) is 12.2 Å². The number of rotatable bonds is 7. The summed E-state index contributed by atoms with van der Waals surface area (Å²) in [6.07, 6.45) is 1.46. The number of nitrogens with zero attached hydrogens (tertiary/aromatic N) is 2. The van der Waals surface area contributed by atoms with E-state index in [1.165, 1.54) is 11.6 Å². The van der Waals surface area contributed by atoms with Crippen molar-refractivity contribution in [3.8, 4) is 17.2 Å². The van der Waals surface area contributed by atoms with Gasteiger partial charge >= 0.3 is 6.36 Å². The predicted molar refractivity (Wildman–Crippen MR) is 130 cm³/mol. The molecule has 1 aliphatic carbocycles. The van der Waals surface area contributed by atoms with Crippen LogP contribution in [0.25, 0.3) is 11.0 Å². The number of amides is 1. The van der Waals surface area contributed by atoms with E-state index in [4.69, 9.17) is 14.0 Å². The molecule has 0 saturated heterocycles. The molecule has 1 saturated carbocycles. The number of carbonyl (C=O) groups is 1. The third-order valence-corrected chi connectivity index (χ3v) is 7.10. The van der Waals surface area contributed by atoms with Crippen LogP contribution in [0.3, 0.4) is 0 Å². The van der Waals surface area contributed by atoms with E-state index in [-0.39, 0.29) is 36.0 Å². The third kappa shape index (κ3) is 5.15.